The monoisotopic (exact) mass is 353 g/mol. The number of hydrogen-bond acceptors (Lipinski definition) is 3. The third-order valence-electron chi connectivity index (χ3n) is 2.92. The van der Waals surface area contributed by atoms with Crippen LogP contribution in [-0.2, 0) is 4.79 Å². The molecule has 6 heteroatoms. The number of thioether (sulfide) groups is 1. The van der Waals surface area contributed by atoms with E-state index >= 15 is 0 Å². The highest BCUT2D eigenvalue weighted by atomic mass is 35.5. The van der Waals surface area contributed by atoms with Gasteiger partial charge >= 0.3 is 0 Å². The van der Waals surface area contributed by atoms with Gasteiger partial charge in [0.15, 0.2) is 6.61 Å². The Bertz CT molecular complexity index is 640. The van der Waals surface area contributed by atoms with Gasteiger partial charge in [-0.3, -0.25) is 4.79 Å². The lowest BCUT2D eigenvalue weighted by molar-refractivity contribution is -0.123. The third-order valence-corrected chi connectivity index (χ3v) is 4.30. The van der Waals surface area contributed by atoms with E-state index in [4.69, 9.17) is 16.3 Å². The predicted octanol–water partition coefficient (Wildman–Crippen LogP) is 4.16. The van der Waals surface area contributed by atoms with E-state index in [1.54, 1.807) is 11.8 Å². The van der Waals surface area contributed by atoms with E-state index in [0.717, 1.165) is 12.2 Å². The number of benzene rings is 2. The first kappa shape index (κ1) is 17.6. The van der Waals surface area contributed by atoms with Crippen LogP contribution in [-0.4, -0.2) is 24.8 Å². The molecule has 0 radical (unpaired) electrons. The van der Waals surface area contributed by atoms with Crippen LogP contribution in [0.2, 0.25) is 5.02 Å². The molecule has 3 nitrogen and oxygen atoms in total. The smallest absolute Gasteiger partial charge is 0.257 e. The molecule has 0 saturated heterocycles. The van der Waals surface area contributed by atoms with Crippen LogP contribution in [0.1, 0.15) is 6.42 Å². The van der Waals surface area contributed by atoms with E-state index in [2.05, 4.69) is 17.4 Å². The summed E-state index contributed by atoms with van der Waals surface area (Å²) < 4.78 is 18.3. The summed E-state index contributed by atoms with van der Waals surface area (Å²) in [4.78, 5) is 12.9. The van der Waals surface area contributed by atoms with Gasteiger partial charge in [-0.1, -0.05) is 29.8 Å². The predicted molar refractivity (Wildman–Crippen MR) is 91.7 cm³/mol. The van der Waals surface area contributed by atoms with E-state index in [1.807, 2.05) is 18.2 Å². The van der Waals surface area contributed by atoms with Gasteiger partial charge < -0.3 is 10.1 Å². The maximum absolute atomic E-state index is 13.0. The topological polar surface area (TPSA) is 38.3 Å². The van der Waals surface area contributed by atoms with E-state index in [9.17, 15) is 9.18 Å². The van der Waals surface area contributed by atoms with Gasteiger partial charge in [0.25, 0.3) is 5.91 Å². The van der Waals surface area contributed by atoms with E-state index in [0.29, 0.717) is 12.3 Å². The molecule has 0 aliphatic carbocycles. The van der Waals surface area contributed by atoms with Crippen LogP contribution in [0, 0.1) is 5.82 Å². The molecule has 0 spiro atoms. The average molecular weight is 354 g/mol. The highest BCUT2D eigenvalue weighted by Gasteiger charge is 2.05. The number of carbonyl (C=O) groups excluding carboxylic acids is 1. The molecule has 0 unspecified atom stereocenters. The second-order valence-electron chi connectivity index (χ2n) is 4.73. The maximum atomic E-state index is 13.0. The number of carbonyl (C=O) groups is 1. The third kappa shape index (κ3) is 6.50. The molecule has 2 aromatic carbocycles. The average Bonchev–Trinajstić information content (AvgIpc) is 2.56. The maximum Gasteiger partial charge on any atom is 0.257 e. The van der Waals surface area contributed by atoms with Gasteiger partial charge in [0, 0.05) is 17.5 Å². The van der Waals surface area contributed by atoms with Crippen LogP contribution in [0.25, 0.3) is 0 Å². The highest BCUT2D eigenvalue weighted by molar-refractivity contribution is 7.99. The van der Waals surface area contributed by atoms with Gasteiger partial charge in [-0.25, -0.2) is 4.39 Å². The van der Waals surface area contributed by atoms with Gasteiger partial charge in [-0.2, -0.15) is 0 Å². The normalized spacial score (nSPS) is 10.3. The Kier molecular flexibility index (Phi) is 7.23. The van der Waals surface area contributed by atoms with Crippen molar-refractivity contribution in [3.05, 3.63) is 59.4 Å². The van der Waals surface area contributed by atoms with E-state index in [-0.39, 0.29) is 17.5 Å². The van der Waals surface area contributed by atoms with E-state index in [1.165, 1.54) is 23.1 Å². The fourth-order valence-corrected chi connectivity index (χ4v) is 2.82. The Morgan fingerprint density at radius 3 is 2.74 bits per heavy atom. The number of hydrogen-bond donors (Lipinski definition) is 1. The minimum absolute atomic E-state index is 0.0270. The van der Waals surface area contributed by atoms with Crippen LogP contribution in [0.15, 0.2) is 53.4 Å². The molecule has 1 amide bonds. The van der Waals surface area contributed by atoms with Gasteiger partial charge in [0.05, 0.1) is 5.02 Å². The van der Waals surface area contributed by atoms with Crippen molar-refractivity contribution >= 4 is 29.3 Å². The zero-order valence-electron chi connectivity index (χ0n) is 12.4. The second-order valence-corrected chi connectivity index (χ2v) is 6.31. The fourth-order valence-electron chi connectivity index (χ4n) is 1.77. The van der Waals surface area contributed by atoms with Crippen LogP contribution in [0.3, 0.4) is 0 Å². The van der Waals surface area contributed by atoms with Gasteiger partial charge in [-0.15, -0.1) is 11.8 Å². The van der Waals surface area contributed by atoms with Gasteiger partial charge in [-0.05, 0) is 36.4 Å². The molecule has 2 rings (SSSR count). The standard InChI is InChI=1S/C17H17ClFNO2S/c18-15-11-13(7-8-16(15)19)22-12-17(21)20-9-4-10-23-14-5-2-1-3-6-14/h1-3,5-8,11H,4,9-10,12H2,(H,20,21). The molecule has 2 aromatic rings. The lowest BCUT2D eigenvalue weighted by atomic mass is 10.3. The second kappa shape index (κ2) is 9.43. The van der Waals surface area contributed by atoms with Crippen molar-refractivity contribution in [3.63, 3.8) is 0 Å². The molecule has 1 N–H and O–H groups in total. The zero-order valence-corrected chi connectivity index (χ0v) is 14.0. The SMILES string of the molecule is O=C(COc1ccc(F)c(Cl)c1)NCCCSc1ccccc1. The Labute approximate surface area is 144 Å². The van der Waals surface area contributed by atoms with Crippen LogP contribution >= 0.6 is 23.4 Å². The first-order valence-corrected chi connectivity index (χ1v) is 8.54. The molecule has 0 heterocycles. The summed E-state index contributed by atoms with van der Waals surface area (Å²) in [5.74, 6) is 0.569. The summed E-state index contributed by atoms with van der Waals surface area (Å²) in [6.07, 6.45) is 0.869. The summed E-state index contributed by atoms with van der Waals surface area (Å²) >= 11 is 7.39. The Hall–Kier alpha value is -1.72. The van der Waals surface area contributed by atoms with Crippen molar-refractivity contribution in [2.45, 2.75) is 11.3 Å². The molecule has 0 aliphatic heterocycles. The van der Waals surface area contributed by atoms with E-state index < -0.39 is 5.82 Å². The molecule has 0 bridgehead atoms. The fraction of sp³-hybridized carbons (Fsp3) is 0.235. The number of amides is 1. The van der Waals surface area contributed by atoms with Crippen molar-refractivity contribution in [3.8, 4) is 5.75 Å². The zero-order chi connectivity index (χ0) is 16.5. The Morgan fingerprint density at radius 2 is 2.00 bits per heavy atom. The van der Waals surface area contributed by atoms with Crippen molar-refractivity contribution < 1.29 is 13.9 Å². The molecule has 0 saturated carbocycles. The van der Waals surface area contributed by atoms with Crippen molar-refractivity contribution in [2.75, 3.05) is 18.9 Å². The summed E-state index contributed by atoms with van der Waals surface area (Å²) in [6, 6.07) is 14.1. The first-order valence-electron chi connectivity index (χ1n) is 7.17. The number of rotatable bonds is 8. The Balaban J connectivity index is 1.59. The number of ether oxygens (including phenoxy) is 1. The highest BCUT2D eigenvalue weighted by Crippen LogP contribution is 2.21. The minimum Gasteiger partial charge on any atom is -0.484 e. The molecule has 122 valence electrons. The molecular weight excluding hydrogens is 337 g/mol. The van der Waals surface area contributed by atoms with Crippen LogP contribution in [0.5, 0.6) is 5.75 Å². The Morgan fingerprint density at radius 1 is 1.22 bits per heavy atom. The largest absolute Gasteiger partial charge is 0.484 e. The molecular formula is C17H17ClFNO2S. The van der Waals surface area contributed by atoms with Crippen molar-refractivity contribution in [1.82, 2.24) is 5.32 Å². The van der Waals surface area contributed by atoms with Crippen molar-refractivity contribution in [1.29, 1.82) is 0 Å². The van der Waals surface area contributed by atoms with Crippen LogP contribution < -0.4 is 10.1 Å². The minimum atomic E-state index is -0.514. The number of nitrogens with one attached hydrogen (secondary N) is 1. The lowest BCUT2D eigenvalue weighted by Gasteiger charge is -2.08. The van der Waals surface area contributed by atoms with Crippen LogP contribution in [0.4, 0.5) is 4.39 Å². The summed E-state index contributed by atoms with van der Waals surface area (Å²) in [5, 5.41) is 2.75. The van der Waals surface area contributed by atoms with Gasteiger partial charge in [0.1, 0.15) is 11.6 Å². The van der Waals surface area contributed by atoms with Gasteiger partial charge in [0.2, 0.25) is 0 Å². The molecule has 0 aromatic heterocycles. The quantitative estimate of drug-likeness (QED) is 0.572. The summed E-state index contributed by atoms with van der Waals surface area (Å²) in [7, 11) is 0. The molecule has 23 heavy (non-hydrogen) atoms. The summed E-state index contributed by atoms with van der Waals surface area (Å²) in [5.41, 5.74) is 0. The number of halogens is 2. The first-order chi connectivity index (χ1) is 11.1. The summed E-state index contributed by atoms with van der Waals surface area (Å²) in [6.45, 7) is 0.472. The van der Waals surface area contributed by atoms with Crippen molar-refractivity contribution in [2.24, 2.45) is 0 Å². The molecule has 0 aliphatic rings. The molecule has 0 atom stereocenters. The molecule has 0 fully saturated rings. The lowest BCUT2D eigenvalue weighted by Crippen LogP contribution is -2.29.